The van der Waals surface area contributed by atoms with Gasteiger partial charge in [-0.15, -0.1) is 0 Å². The Morgan fingerprint density at radius 2 is 2.15 bits per heavy atom. The number of hydrogen-bond donors (Lipinski definition) is 0. The predicted octanol–water partition coefficient (Wildman–Crippen LogP) is 2.35. The number of rotatable bonds is 4. The number of hydrogen-bond acceptors (Lipinski definition) is 3. The van der Waals surface area contributed by atoms with E-state index in [0.29, 0.717) is 12.5 Å². The van der Waals surface area contributed by atoms with Crippen molar-refractivity contribution in [1.82, 2.24) is 19.3 Å². The first-order chi connectivity index (χ1) is 9.58. The summed E-state index contributed by atoms with van der Waals surface area (Å²) in [7, 11) is 0. The van der Waals surface area contributed by atoms with Crippen molar-refractivity contribution in [2.24, 2.45) is 0 Å². The molecule has 20 heavy (non-hydrogen) atoms. The third-order valence-electron chi connectivity index (χ3n) is 3.55. The van der Waals surface area contributed by atoms with Crippen molar-refractivity contribution in [2.75, 3.05) is 0 Å². The van der Waals surface area contributed by atoms with Crippen molar-refractivity contribution >= 4 is 11.6 Å². The average molecular weight is 293 g/mol. The molecule has 0 N–H and O–H groups in total. The first kappa shape index (κ1) is 13.4. The van der Waals surface area contributed by atoms with Gasteiger partial charge in [0.05, 0.1) is 17.9 Å². The molecule has 2 aromatic rings. The third-order valence-corrected chi connectivity index (χ3v) is 3.75. The number of aromatic nitrogens is 4. The molecule has 3 rings (SSSR count). The van der Waals surface area contributed by atoms with Gasteiger partial charge in [0.1, 0.15) is 11.0 Å². The molecular weight excluding hydrogens is 276 g/mol. The molecule has 0 saturated heterocycles. The van der Waals surface area contributed by atoms with Crippen LogP contribution in [0.4, 0.5) is 0 Å². The van der Waals surface area contributed by atoms with Crippen LogP contribution in [0.2, 0.25) is 5.15 Å². The van der Waals surface area contributed by atoms with Crippen LogP contribution < -0.4 is 5.56 Å². The minimum atomic E-state index is -0.0894. The molecule has 5 nitrogen and oxygen atoms in total. The van der Waals surface area contributed by atoms with Crippen LogP contribution in [-0.4, -0.2) is 19.3 Å². The summed E-state index contributed by atoms with van der Waals surface area (Å²) in [5.41, 5.74) is 1.90. The van der Waals surface area contributed by atoms with Gasteiger partial charge in [0.2, 0.25) is 0 Å². The molecule has 1 aliphatic rings. The van der Waals surface area contributed by atoms with Crippen LogP contribution in [0.15, 0.2) is 16.9 Å². The lowest BCUT2D eigenvalue weighted by Gasteiger charge is -2.12. The first-order valence-electron chi connectivity index (χ1n) is 6.89. The van der Waals surface area contributed by atoms with Crippen LogP contribution in [0.1, 0.15) is 42.9 Å². The van der Waals surface area contributed by atoms with E-state index in [0.717, 1.165) is 36.6 Å². The highest BCUT2D eigenvalue weighted by molar-refractivity contribution is 6.29. The molecule has 1 fully saturated rings. The van der Waals surface area contributed by atoms with E-state index in [1.54, 1.807) is 4.57 Å². The number of halogens is 1. The molecule has 2 heterocycles. The molecule has 0 bridgehead atoms. The molecule has 0 aliphatic heterocycles. The lowest BCUT2D eigenvalue weighted by molar-refractivity contribution is 0.574. The lowest BCUT2D eigenvalue weighted by atomic mass is 10.3. The highest BCUT2D eigenvalue weighted by Crippen LogP contribution is 2.38. The second-order valence-corrected chi connectivity index (χ2v) is 5.62. The minimum Gasteiger partial charge on any atom is -0.290 e. The van der Waals surface area contributed by atoms with E-state index in [9.17, 15) is 4.79 Å². The van der Waals surface area contributed by atoms with Crippen LogP contribution in [0.5, 0.6) is 0 Å². The zero-order valence-corrected chi connectivity index (χ0v) is 12.4. The smallest absolute Gasteiger partial charge is 0.255 e. The summed E-state index contributed by atoms with van der Waals surface area (Å²) < 4.78 is 3.65. The molecule has 0 radical (unpaired) electrons. The summed E-state index contributed by atoms with van der Waals surface area (Å²) >= 11 is 5.92. The quantitative estimate of drug-likeness (QED) is 0.813. The van der Waals surface area contributed by atoms with Gasteiger partial charge < -0.3 is 0 Å². The first-order valence-corrected chi connectivity index (χ1v) is 7.27. The Kier molecular flexibility index (Phi) is 3.38. The highest BCUT2D eigenvalue weighted by atomic mass is 35.5. The Bertz CT molecular complexity index is 700. The van der Waals surface area contributed by atoms with E-state index < -0.39 is 0 Å². The number of aryl methyl sites for hydroxylation is 2. The maximum Gasteiger partial charge on any atom is 0.255 e. The van der Waals surface area contributed by atoms with E-state index in [1.807, 2.05) is 24.6 Å². The lowest BCUT2D eigenvalue weighted by Crippen LogP contribution is -2.26. The second-order valence-electron chi connectivity index (χ2n) is 5.23. The fourth-order valence-corrected chi connectivity index (χ4v) is 2.65. The van der Waals surface area contributed by atoms with E-state index in [1.165, 1.54) is 6.07 Å². The topological polar surface area (TPSA) is 52.7 Å². The van der Waals surface area contributed by atoms with Crippen molar-refractivity contribution in [2.45, 2.75) is 45.7 Å². The maximum absolute atomic E-state index is 12.2. The zero-order chi connectivity index (χ0) is 14.3. The van der Waals surface area contributed by atoms with Gasteiger partial charge in [0.25, 0.3) is 5.56 Å². The van der Waals surface area contributed by atoms with Crippen molar-refractivity contribution in [3.63, 3.8) is 0 Å². The van der Waals surface area contributed by atoms with Crippen LogP contribution in [0.25, 0.3) is 0 Å². The van der Waals surface area contributed by atoms with Gasteiger partial charge in [-0.25, -0.2) is 4.98 Å². The molecule has 0 spiro atoms. The standard InChI is InChI=1S/C14H17ClN4O/c1-3-19-11(6-9(2)17-19)8-18-13(20)7-12(15)16-14(18)10-4-5-10/h6-7,10H,3-5,8H2,1-2H3. The van der Waals surface area contributed by atoms with Gasteiger partial charge in [-0.1, -0.05) is 11.6 Å². The second kappa shape index (κ2) is 5.05. The predicted molar refractivity (Wildman–Crippen MR) is 77.2 cm³/mol. The van der Waals surface area contributed by atoms with E-state index in [4.69, 9.17) is 11.6 Å². The molecular formula is C14H17ClN4O. The monoisotopic (exact) mass is 292 g/mol. The van der Waals surface area contributed by atoms with Gasteiger partial charge in [0.15, 0.2) is 0 Å². The van der Waals surface area contributed by atoms with Gasteiger partial charge in [0, 0.05) is 18.5 Å². The van der Waals surface area contributed by atoms with E-state index in [2.05, 4.69) is 10.1 Å². The molecule has 6 heteroatoms. The van der Waals surface area contributed by atoms with Crippen LogP contribution in [0.3, 0.4) is 0 Å². The molecule has 0 amide bonds. The van der Waals surface area contributed by atoms with Crippen molar-refractivity contribution in [3.8, 4) is 0 Å². The van der Waals surface area contributed by atoms with Crippen LogP contribution in [0, 0.1) is 6.92 Å². The van der Waals surface area contributed by atoms with Gasteiger partial charge in [-0.05, 0) is 32.8 Å². The Hall–Kier alpha value is -1.62. The fraction of sp³-hybridized carbons (Fsp3) is 0.500. The fourth-order valence-electron chi connectivity index (χ4n) is 2.47. The SMILES string of the molecule is CCn1nc(C)cc1Cn1c(C2CC2)nc(Cl)cc1=O. The molecule has 1 saturated carbocycles. The van der Waals surface area contributed by atoms with Gasteiger partial charge in [-0.2, -0.15) is 5.10 Å². The summed E-state index contributed by atoms with van der Waals surface area (Å²) in [5, 5.41) is 4.70. The molecule has 2 aromatic heterocycles. The van der Waals surface area contributed by atoms with Crippen molar-refractivity contribution in [1.29, 1.82) is 0 Å². The van der Waals surface area contributed by atoms with Gasteiger partial charge >= 0.3 is 0 Å². The Morgan fingerprint density at radius 3 is 2.80 bits per heavy atom. The molecule has 0 atom stereocenters. The Morgan fingerprint density at radius 1 is 1.40 bits per heavy atom. The zero-order valence-electron chi connectivity index (χ0n) is 11.6. The molecule has 1 aliphatic carbocycles. The third kappa shape index (κ3) is 2.50. The summed E-state index contributed by atoms with van der Waals surface area (Å²) in [6.07, 6.45) is 2.16. The summed E-state index contributed by atoms with van der Waals surface area (Å²) in [6, 6.07) is 3.40. The maximum atomic E-state index is 12.2. The summed E-state index contributed by atoms with van der Waals surface area (Å²) in [5.74, 6) is 1.18. The highest BCUT2D eigenvalue weighted by Gasteiger charge is 2.29. The molecule has 0 aromatic carbocycles. The molecule has 0 unspecified atom stereocenters. The van der Waals surface area contributed by atoms with E-state index >= 15 is 0 Å². The van der Waals surface area contributed by atoms with E-state index in [-0.39, 0.29) is 10.7 Å². The van der Waals surface area contributed by atoms with Crippen molar-refractivity contribution in [3.05, 3.63) is 44.9 Å². The van der Waals surface area contributed by atoms with Crippen molar-refractivity contribution < 1.29 is 0 Å². The summed E-state index contributed by atoms with van der Waals surface area (Å²) in [4.78, 5) is 16.6. The Balaban J connectivity index is 2.03. The summed E-state index contributed by atoms with van der Waals surface area (Å²) in [6.45, 7) is 5.29. The van der Waals surface area contributed by atoms with Gasteiger partial charge in [-0.3, -0.25) is 14.0 Å². The van der Waals surface area contributed by atoms with Crippen LogP contribution >= 0.6 is 11.6 Å². The molecule has 106 valence electrons. The van der Waals surface area contributed by atoms with Crippen LogP contribution in [-0.2, 0) is 13.1 Å². The minimum absolute atomic E-state index is 0.0894. The average Bonchev–Trinajstić information content (AvgIpc) is 3.16. The Labute approximate surface area is 122 Å². The largest absolute Gasteiger partial charge is 0.290 e. The normalized spacial score (nSPS) is 14.8. The number of nitrogens with zero attached hydrogens (tertiary/aromatic N) is 4.